The number of likely N-dealkylation sites (N-methyl/N-ethyl adjacent to an activating group) is 1. The summed E-state index contributed by atoms with van der Waals surface area (Å²) in [6.45, 7) is 2.98. The number of amides is 1. The van der Waals surface area contributed by atoms with Crippen molar-refractivity contribution >= 4 is 16.8 Å². The average Bonchev–Trinajstić information content (AvgIpc) is 2.94. The summed E-state index contributed by atoms with van der Waals surface area (Å²) in [5.41, 5.74) is 1.06. The van der Waals surface area contributed by atoms with Crippen LogP contribution in [0.1, 0.15) is 25.2 Å². The third-order valence-electron chi connectivity index (χ3n) is 6.41. The van der Waals surface area contributed by atoms with Crippen LogP contribution in [-0.4, -0.2) is 66.2 Å². The number of hydrogen-bond acceptors (Lipinski definition) is 6. The summed E-state index contributed by atoms with van der Waals surface area (Å²) >= 11 is 0. The van der Waals surface area contributed by atoms with Gasteiger partial charge in [-0.15, -0.1) is 0 Å². The van der Waals surface area contributed by atoms with Gasteiger partial charge < -0.3 is 19.3 Å². The second-order valence-electron chi connectivity index (χ2n) is 9.24. The van der Waals surface area contributed by atoms with E-state index >= 15 is 0 Å². The smallest absolute Gasteiger partial charge is 0.266 e. The maximum absolute atomic E-state index is 13.8. The Labute approximate surface area is 223 Å². The molecule has 4 rings (SSSR count). The van der Waals surface area contributed by atoms with Crippen LogP contribution in [0.2, 0.25) is 0 Å². The summed E-state index contributed by atoms with van der Waals surface area (Å²) in [6.07, 6.45) is 0.561. The van der Waals surface area contributed by atoms with Gasteiger partial charge in [0.25, 0.3) is 11.5 Å². The summed E-state index contributed by atoms with van der Waals surface area (Å²) in [5, 5.41) is 0.514. The Bertz CT molecular complexity index is 1420. The minimum absolute atomic E-state index is 0.117. The van der Waals surface area contributed by atoms with Crippen molar-refractivity contribution in [1.82, 2.24) is 19.4 Å². The first-order valence-electron chi connectivity index (χ1n) is 12.7. The van der Waals surface area contributed by atoms with Crippen molar-refractivity contribution in [2.75, 3.05) is 40.9 Å². The van der Waals surface area contributed by atoms with Gasteiger partial charge in [-0.3, -0.25) is 14.2 Å². The molecule has 0 saturated carbocycles. The molecule has 0 spiro atoms. The number of carbonyl (C=O) groups is 1. The van der Waals surface area contributed by atoms with Crippen LogP contribution in [-0.2, 0) is 4.79 Å². The standard InChI is InChI=1S/C30H34N4O4/c1-5-27(33(20-19-32(2)3)28(35)21-38-24-11-7-6-8-12-24)29-31-26-14-10-9-13-25(26)30(36)34(29)22-15-17-23(37-4)18-16-22/h6-18,27H,5,19-21H2,1-4H3. The summed E-state index contributed by atoms with van der Waals surface area (Å²) in [4.78, 5) is 36.2. The van der Waals surface area contributed by atoms with Gasteiger partial charge in [0.05, 0.1) is 29.7 Å². The van der Waals surface area contributed by atoms with E-state index in [1.54, 1.807) is 22.6 Å². The van der Waals surface area contributed by atoms with Gasteiger partial charge in [-0.2, -0.15) is 0 Å². The SMILES string of the molecule is CCC(c1nc2ccccc2c(=O)n1-c1ccc(OC)cc1)N(CCN(C)C)C(=O)COc1ccccc1. The number of methoxy groups -OCH3 is 1. The Hall–Kier alpha value is -4.17. The molecule has 8 nitrogen and oxygen atoms in total. The van der Waals surface area contributed by atoms with Crippen molar-refractivity contribution in [2.24, 2.45) is 0 Å². The monoisotopic (exact) mass is 514 g/mol. The molecule has 0 saturated heterocycles. The van der Waals surface area contributed by atoms with Crippen molar-refractivity contribution in [3.05, 3.63) is 95.0 Å². The number of rotatable bonds is 11. The van der Waals surface area contributed by atoms with Crippen LogP contribution < -0.4 is 15.0 Å². The maximum Gasteiger partial charge on any atom is 0.266 e. The van der Waals surface area contributed by atoms with Gasteiger partial charge in [-0.05, 0) is 69.0 Å². The van der Waals surface area contributed by atoms with E-state index in [4.69, 9.17) is 14.5 Å². The quantitative estimate of drug-likeness (QED) is 0.297. The number of nitrogens with zero attached hydrogens (tertiary/aromatic N) is 4. The molecule has 1 atom stereocenters. The Morgan fingerprint density at radius 3 is 2.26 bits per heavy atom. The molecular weight excluding hydrogens is 480 g/mol. The molecule has 0 fully saturated rings. The van der Waals surface area contributed by atoms with E-state index in [0.717, 1.165) is 0 Å². The number of hydrogen-bond donors (Lipinski definition) is 0. The minimum Gasteiger partial charge on any atom is -0.497 e. The Morgan fingerprint density at radius 2 is 1.61 bits per heavy atom. The maximum atomic E-state index is 13.8. The molecule has 1 amide bonds. The van der Waals surface area contributed by atoms with E-state index in [-0.39, 0.29) is 18.1 Å². The zero-order valence-electron chi connectivity index (χ0n) is 22.3. The molecule has 1 heterocycles. The average molecular weight is 515 g/mol. The molecule has 1 aromatic heterocycles. The number of ether oxygens (including phenoxy) is 2. The summed E-state index contributed by atoms with van der Waals surface area (Å²) in [7, 11) is 5.53. The van der Waals surface area contributed by atoms with Gasteiger partial charge >= 0.3 is 0 Å². The van der Waals surface area contributed by atoms with Gasteiger partial charge in [0.2, 0.25) is 0 Å². The van der Waals surface area contributed by atoms with Crippen LogP contribution in [0.25, 0.3) is 16.6 Å². The van der Waals surface area contributed by atoms with Crippen LogP contribution in [0.15, 0.2) is 83.7 Å². The Morgan fingerprint density at radius 1 is 0.921 bits per heavy atom. The van der Waals surface area contributed by atoms with E-state index in [1.165, 1.54) is 0 Å². The molecule has 1 unspecified atom stereocenters. The summed E-state index contributed by atoms with van der Waals surface area (Å²) < 4.78 is 12.7. The first-order valence-corrected chi connectivity index (χ1v) is 12.7. The molecule has 0 N–H and O–H groups in total. The molecule has 0 aliphatic rings. The third-order valence-corrected chi connectivity index (χ3v) is 6.41. The van der Waals surface area contributed by atoms with Gasteiger partial charge in [0.15, 0.2) is 6.61 Å². The molecule has 8 heteroatoms. The molecular formula is C30H34N4O4. The second-order valence-corrected chi connectivity index (χ2v) is 9.24. The first-order chi connectivity index (χ1) is 18.4. The van der Waals surface area contributed by atoms with Gasteiger partial charge in [0, 0.05) is 13.1 Å². The van der Waals surface area contributed by atoms with Crippen LogP contribution in [0, 0.1) is 0 Å². The topological polar surface area (TPSA) is 76.9 Å². The second kappa shape index (κ2) is 12.4. The van der Waals surface area contributed by atoms with Crippen molar-refractivity contribution in [2.45, 2.75) is 19.4 Å². The first kappa shape index (κ1) is 26.9. The van der Waals surface area contributed by atoms with Crippen LogP contribution in [0.5, 0.6) is 11.5 Å². The van der Waals surface area contributed by atoms with Crippen molar-refractivity contribution in [3.63, 3.8) is 0 Å². The summed E-state index contributed by atoms with van der Waals surface area (Å²) in [6, 6.07) is 23.4. The molecule has 3 aromatic carbocycles. The van der Waals surface area contributed by atoms with Crippen LogP contribution >= 0.6 is 0 Å². The normalized spacial score (nSPS) is 11.9. The van der Waals surface area contributed by atoms with Gasteiger partial charge in [0.1, 0.15) is 17.3 Å². The molecule has 0 aliphatic heterocycles. The highest BCUT2D eigenvalue weighted by molar-refractivity contribution is 5.79. The predicted molar refractivity (Wildman–Crippen MR) is 149 cm³/mol. The Balaban J connectivity index is 1.81. The zero-order valence-corrected chi connectivity index (χ0v) is 22.3. The van der Waals surface area contributed by atoms with E-state index in [9.17, 15) is 9.59 Å². The van der Waals surface area contributed by atoms with Crippen molar-refractivity contribution in [1.29, 1.82) is 0 Å². The molecule has 198 valence electrons. The van der Waals surface area contributed by atoms with E-state index in [0.29, 0.717) is 53.4 Å². The van der Waals surface area contributed by atoms with Crippen LogP contribution in [0.4, 0.5) is 0 Å². The van der Waals surface area contributed by atoms with E-state index in [2.05, 4.69) is 0 Å². The largest absolute Gasteiger partial charge is 0.497 e. The lowest BCUT2D eigenvalue weighted by molar-refractivity contribution is -0.136. The number of aromatic nitrogens is 2. The Kier molecular flexibility index (Phi) is 8.76. The fourth-order valence-electron chi connectivity index (χ4n) is 4.40. The number of fused-ring (bicyclic) bond motifs is 1. The van der Waals surface area contributed by atoms with E-state index < -0.39 is 6.04 Å². The zero-order chi connectivity index (χ0) is 27.1. The number of benzene rings is 3. The lowest BCUT2D eigenvalue weighted by atomic mass is 10.1. The fourth-order valence-corrected chi connectivity index (χ4v) is 4.40. The van der Waals surface area contributed by atoms with E-state index in [1.807, 2.05) is 98.7 Å². The van der Waals surface area contributed by atoms with Crippen molar-refractivity contribution in [3.8, 4) is 17.2 Å². The molecule has 0 aliphatic carbocycles. The highest BCUT2D eigenvalue weighted by Gasteiger charge is 2.29. The van der Waals surface area contributed by atoms with Gasteiger partial charge in [-0.1, -0.05) is 37.3 Å². The van der Waals surface area contributed by atoms with Gasteiger partial charge in [-0.25, -0.2) is 4.98 Å². The number of carbonyl (C=O) groups excluding carboxylic acids is 1. The molecule has 38 heavy (non-hydrogen) atoms. The van der Waals surface area contributed by atoms with Crippen LogP contribution in [0.3, 0.4) is 0 Å². The molecule has 0 bridgehead atoms. The predicted octanol–water partition coefficient (Wildman–Crippen LogP) is 4.31. The highest BCUT2D eigenvalue weighted by Crippen LogP contribution is 2.27. The molecule has 4 aromatic rings. The highest BCUT2D eigenvalue weighted by atomic mass is 16.5. The fraction of sp³-hybridized carbons (Fsp3) is 0.300. The lowest BCUT2D eigenvalue weighted by Gasteiger charge is -2.33. The molecule has 0 radical (unpaired) electrons. The van der Waals surface area contributed by atoms with Crippen molar-refractivity contribution < 1.29 is 14.3 Å². The lowest BCUT2D eigenvalue weighted by Crippen LogP contribution is -2.43. The third kappa shape index (κ3) is 6.03. The number of para-hydroxylation sites is 2. The minimum atomic E-state index is -0.457. The summed E-state index contributed by atoms with van der Waals surface area (Å²) in [5.74, 6) is 1.64.